The lowest BCUT2D eigenvalue weighted by Gasteiger charge is -2.33. The molecule has 2 heterocycles. The number of amides is 2. The van der Waals surface area contributed by atoms with Crippen molar-refractivity contribution in [2.24, 2.45) is 5.92 Å². The number of nitrogens with zero attached hydrogens (tertiary/aromatic N) is 3. The highest BCUT2D eigenvalue weighted by Gasteiger charge is 2.41. The van der Waals surface area contributed by atoms with E-state index in [-0.39, 0.29) is 35.6 Å². The minimum Gasteiger partial charge on any atom is -0.350 e. The Hall–Kier alpha value is -3.79. The van der Waals surface area contributed by atoms with Crippen LogP contribution in [0, 0.1) is 18.7 Å². The van der Waals surface area contributed by atoms with Gasteiger partial charge in [0.15, 0.2) is 11.5 Å². The van der Waals surface area contributed by atoms with Gasteiger partial charge in [-0.2, -0.15) is 13.2 Å². The maximum Gasteiger partial charge on any atom is 0.390 e. The number of carbonyl (C=O) groups excluding carboxylic acids is 2. The van der Waals surface area contributed by atoms with Crippen molar-refractivity contribution in [3.05, 3.63) is 40.7 Å². The normalized spacial score (nSPS) is 17.5. The van der Waals surface area contributed by atoms with Crippen LogP contribution in [0.15, 0.2) is 16.8 Å². The van der Waals surface area contributed by atoms with Gasteiger partial charge in [0.1, 0.15) is 17.0 Å². The molecular weight excluding hydrogens is 572 g/mol. The van der Waals surface area contributed by atoms with Gasteiger partial charge < -0.3 is 15.6 Å². The van der Waals surface area contributed by atoms with E-state index >= 15 is 4.39 Å². The molecule has 1 fully saturated rings. The quantitative estimate of drug-likeness (QED) is 0.295. The van der Waals surface area contributed by atoms with Gasteiger partial charge in [-0.3, -0.25) is 9.59 Å². The summed E-state index contributed by atoms with van der Waals surface area (Å²) in [7, 11) is 0. The van der Waals surface area contributed by atoms with E-state index in [2.05, 4.69) is 30.2 Å². The fourth-order valence-electron chi connectivity index (χ4n) is 4.82. The maximum atomic E-state index is 15.6. The SMILES string of the molecule is Cc1nonc1C(=O)N[C@H](c1nc2c(F)c([C@@H](CC(F)(F)F)C(=O)NCC(F)F)ccc2[nH]1)C1CCC(F)(F)CC1. The number of H-pyrrole nitrogens is 1. The lowest BCUT2D eigenvalue weighted by molar-refractivity contribution is -0.148. The molecule has 2 amide bonds. The number of carbonyl (C=O) groups is 2. The Morgan fingerprint density at radius 2 is 1.85 bits per heavy atom. The summed E-state index contributed by atoms with van der Waals surface area (Å²) in [5.74, 6) is -9.34. The molecule has 3 aromatic rings. The van der Waals surface area contributed by atoms with Gasteiger partial charge in [0, 0.05) is 18.4 Å². The molecule has 3 N–H and O–H groups in total. The number of halogens is 8. The Balaban J connectivity index is 1.71. The minimum atomic E-state index is -4.95. The molecule has 4 rings (SSSR count). The number of benzene rings is 1. The van der Waals surface area contributed by atoms with Gasteiger partial charge in [-0.1, -0.05) is 11.2 Å². The topological polar surface area (TPSA) is 126 Å². The monoisotopic (exact) mass is 596 g/mol. The van der Waals surface area contributed by atoms with Crippen LogP contribution in [0.25, 0.3) is 11.0 Å². The molecule has 0 aliphatic heterocycles. The van der Waals surface area contributed by atoms with E-state index in [9.17, 15) is 40.3 Å². The number of aryl methyl sites for hydroxylation is 1. The van der Waals surface area contributed by atoms with Crippen LogP contribution in [0.2, 0.25) is 0 Å². The first-order chi connectivity index (χ1) is 19.1. The second kappa shape index (κ2) is 11.6. The van der Waals surface area contributed by atoms with Crippen LogP contribution in [-0.4, -0.2) is 57.2 Å². The lowest BCUT2D eigenvalue weighted by atomic mass is 9.81. The van der Waals surface area contributed by atoms with Gasteiger partial charge in [-0.15, -0.1) is 0 Å². The average molecular weight is 596 g/mol. The Kier molecular flexibility index (Phi) is 8.54. The number of nitrogens with one attached hydrogen (secondary N) is 3. The third kappa shape index (κ3) is 7.11. The van der Waals surface area contributed by atoms with Crippen LogP contribution in [0.4, 0.5) is 35.1 Å². The zero-order valence-electron chi connectivity index (χ0n) is 21.3. The Morgan fingerprint density at radius 3 is 2.44 bits per heavy atom. The van der Waals surface area contributed by atoms with E-state index in [1.54, 1.807) is 5.32 Å². The van der Waals surface area contributed by atoms with Crippen molar-refractivity contribution < 1.29 is 49.3 Å². The number of imidazole rings is 1. The summed E-state index contributed by atoms with van der Waals surface area (Å²) in [5, 5.41) is 11.3. The van der Waals surface area contributed by atoms with E-state index in [1.807, 2.05) is 0 Å². The summed E-state index contributed by atoms with van der Waals surface area (Å²) in [5.41, 5.74) is -1.31. The highest BCUT2D eigenvalue weighted by Crippen LogP contribution is 2.42. The summed E-state index contributed by atoms with van der Waals surface area (Å²) in [4.78, 5) is 32.2. The Morgan fingerprint density at radius 1 is 1.17 bits per heavy atom. The van der Waals surface area contributed by atoms with Gasteiger partial charge in [0.05, 0.1) is 30.4 Å². The first-order valence-corrected chi connectivity index (χ1v) is 12.4. The number of alkyl halides is 7. The summed E-state index contributed by atoms with van der Waals surface area (Å²) in [6.07, 6.45) is -10.9. The molecule has 0 radical (unpaired) electrons. The summed E-state index contributed by atoms with van der Waals surface area (Å²) >= 11 is 0. The molecule has 0 bridgehead atoms. The highest BCUT2D eigenvalue weighted by atomic mass is 19.4. The third-order valence-corrected chi connectivity index (χ3v) is 6.88. The molecule has 9 nitrogen and oxygen atoms in total. The first-order valence-electron chi connectivity index (χ1n) is 12.4. The number of rotatable bonds is 9. The standard InChI is InChI=1S/C24H24F8N6O3/c1-10-17(38-41-37-10)22(40)36-18(11-4-6-23(28,29)7-5-11)20-34-14-3-2-12(16(27)19(14)35-20)13(8-24(30,31)32)21(39)33-9-15(25)26/h2-3,11,13,15,18H,4-9H2,1H3,(H,33,39)(H,34,35)(H,36,40)/t13-,18+/m1/s1. The van der Waals surface area contributed by atoms with Gasteiger partial charge >= 0.3 is 6.18 Å². The first kappa shape index (κ1) is 30.2. The number of hydrogen-bond donors (Lipinski definition) is 3. The number of aromatic amines is 1. The third-order valence-electron chi connectivity index (χ3n) is 6.88. The molecule has 17 heteroatoms. The lowest BCUT2D eigenvalue weighted by Crippen LogP contribution is -2.38. The molecule has 1 aliphatic rings. The fourth-order valence-corrected chi connectivity index (χ4v) is 4.82. The molecule has 224 valence electrons. The number of fused-ring (bicyclic) bond motifs is 1. The van der Waals surface area contributed by atoms with Gasteiger partial charge in [-0.05, 0) is 36.9 Å². The average Bonchev–Trinajstić information content (AvgIpc) is 3.51. The smallest absolute Gasteiger partial charge is 0.350 e. The maximum absolute atomic E-state index is 15.6. The van der Waals surface area contributed by atoms with Crippen molar-refractivity contribution in [3.63, 3.8) is 0 Å². The van der Waals surface area contributed by atoms with Crippen molar-refractivity contribution in [2.45, 2.75) is 69.5 Å². The van der Waals surface area contributed by atoms with Crippen LogP contribution >= 0.6 is 0 Å². The van der Waals surface area contributed by atoms with E-state index in [4.69, 9.17) is 0 Å². The van der Waals surface area contributed by atoms with Crippen molar-refractivity contribution in [2.75, 3.05) is 6.54 Å². The summed E-state index contributed by atoms with van der Waals surface area (Å²) in [6, 6.07) is 0.968. The van der Waals surface area contributed by atoms with Gasteiger partial charge in [0.25, 0.3) is 12.3 Å². The molecule has 0 unspecified atom stereocenters. The number of aromatic nitrogens is 4. The van der Waals surface area contributed by atoms with Crippen LogP contribution in [0.1, 0.15) is 71.6 Å². The predicted octanol–water partition coefficient (Wildman–Crippen LogP) is 5.11. The summed E-state index contributed by atoms with van der Waals surface area (Å²) < 4.78 is 113. The highest BCUT2D eigenvalue weighted by molar-refractivity contribution is 5.93. The molecule has 2 atom stereocenters. The van der Waals surface area contributed by atoms with Crippen molar-refractivity contribution in [3.8, 4) is 0 Å². The van der Waals surface area contributed by atoms with E-state index in [1.165, 1.54) is 6.92 Å². The zero-order valence-corrected chi connectivity index (χ0v) is 21.3. The van der Waals surface area contributed by atoms with Crippen LogP contribution in [0.5, 0.6) is 0 Å². The molecule has 0 saturated heterocycles. The molecule has 0 spiro atoms. The fraction of sp³-hybridized carbons (Fsp3) is 0.542. The molecule has 1 saturated carbocycles. The van der Waals surface area contributed by atoms with Crippen LogP contribution < -0.4 is 10.6 Å². The number of hydrogen-bond acceptors (Lipinski definition) is 6. The zero-order chi connectivity index (χ0) is 30.1. The second-order valence-corrected chi connectivity index (χ2v) is 9.84. The van der Waals surface area contributed by atoms with E-state index in [0.29, 0.717) is 0 Å². The van der Waals surface area contributed by atoms with Crippen LogP contribution in [-0.2, 0) is 4.79 Å². The molecule has 1 aliphatic carbocycles. The largest absolute Gasteiger partial charge is 0.390 e. The summed E-state index contributed by atoms with van der Waals surface area (Å²) in [6.45, 7) is 0.209. The predicted molar refractivity (Wildman–Crippen MR) is 125 cm³/mol. The van der Waals surface area contributed by atoms with E-state index < -0.39 is 90.9 Å². The Labute approximate surface area is 226 Å². The van der Waals surface area contributed by atoms with Gasteiger partial charge in [-0.25, -0.2) is 31.6 Å². The Bertz CT molecular complexity index is 1400. The van der Waals surface area contributed by atoms with Gasteiger partial charge in [0.2, 0.25) is 11.8 Å². The van der Waals surface area contributed by atoms with Crippen molar-refractivity contribution in [1.82, 2.24) is 30.9 Å². The van der Waals surface area contributed by atoms with E-state index in [0.717, 1.165) is 12.1 Å². The molecule has 2 aromatic heterocycles. The molecular formula is C24H24F8N6O3. The van der Waals surface area contributed by atoms with Crippen LogP contribution in [0.3, 0.4) is 0 Å². The van der Waals surface area contributed by atoms with Crippen molar-refractivity contribution >= 4 is 22.8 Å². The second-order valence-electron chi connectivity index (χ2n) is 9.84. The minimum absolute atomic E-state index is 0.0281. The molecule has 41 heavy (non-hydrogen) atoms. The van der Waals surface area contributed by atoms with Crippen molar-refractivity contribution in [1.29, 1.82) is 0 Å². The molecule has 1 aromatic carbocycles.